The van der Waals surface area contributed by atoms with Crippen LogP contribution in [0, 0.1) is 0 Å². The largest absolute Gasteiger partial charge is 0.494 e. The van der Waals surface area contributed by atoms with Crippen LogP contribution in [0.15, 0.2) is 29.2 Å². The van der Waals surface area contributed by atoms with Crippen molar-refractivity contribution in [3.63, 3.8) is 0 Å². The fourth-order valence-corrected chi connectivity index (χ4v) is 3.61. The number of carbonyl (C=O) groups excluding carboxylic acids is 1. The molecule has 0 N–H and O–H groups in total. The van der Waals surface area contributed by atoms with Crippen molar-refractivity contribution in [2.75, 3.05) is 13.7 Å². The number of nitrogens with zero attached hydrogens (tertiary/aromatic N) is 1. The Hall–Kier alpha value is -1.33. The predicted octanol–water partition coefficient (Wildman–Crippen LogP) is 5.26. The zero-order valence-electron chi connectivity index (χ0n) is 14.4. The zero-order chi connectivity index (χ0) is 17.4. The van der Waals surface area contributed by atoms with Crippen LogP contribution in [0.1, 0.15) is 51.0 Å². The van der Waals surface area contributed by atoms with Crippen LogP contribution in [0.2, 0.25) is 0 Å². The SMILES string of the molecule is CCCCCCCCOc1ccc(/C=C2\SC(=S)N(C)C2=O)cc1. The van der Waals surface area contributed by atoms with Crippen LogP contribution < -0.4 is 4.74 Å². The van der Waals surface area contributed by atoms with Crippen molar-refractivity contribution in [3.8, 4) is 5.75 Å². The van der Waals surface area contributed by atoms with E-state index in [0.717, 1.165) is 24.3 Å². The highest BCUT2D eigenvalue weighted by Crippen LogP contribution is 2.31. The van der Waals surface area contributed by atoms with Gasteiger partial charge in [0.2, 0.25) is 0 Å². The molecule has 1 aliphatic heterocycles. The van der Waals surface area contributed by atoms with Crippen LogP contribution in [-0.4, -0.2) is 28.8 Å². The quantitative estimate of drug-likeness (QED) is 0.340. The smallest absolute Gasteiger partial charge is 0.265 e. The van der Waals surface area contributed by atoms with Gasteiger partial charge >= 0.3 is 0 Å². The molecular formula is C19H25NO2S2. The average Bonchev–Trinajstić information content (AvgIpc) is 2.82. The van der Waals surface area contributed by atoms with Crippen molar-refractivity contribution in [3.05, 3.63) is 34.7 Å². The molecule has 1 aromatic rings. The van der Waals surface area contributed by atoms with Crippen LogP contribution >= 0.6 is 24.0 Å². The van der Waals surface area contributed by atoms with E-state index in [0.29, 0.717) is 9.23 Å². The number of amides is 1. The molecule has 2 rings (SSSR count). The number of thiocarbonyl (C=S) groups is 1. The Morgan fingerprint density at radius 2 is 1.79 bits per heavy atom. The summed E-state index contributed by atoms with van der Waals surface area (Å²) in [6.45, 7) is 3.00. The Balaban J connectivity index is 1.77. The van der Waals surface area contributed by atoms with Crippen molar-refractivity contribution >= 4 is 40.3 Å². The molecule has 0 radical (unpaired) electrons. The minimum absolute atomic E-state index is 0.0339. The van der Waals surface area contributed by atoms with Crippen molar-refractivity contribution in [1.29, 1.82) is 0 Å². The molecule has 0 aromatic heterocycles. The molecule has 1 saturated heterocycles. The van der Waals surface area contributed by atoms with Gasteiger partial charge in [-0.3, -0.25) is 9.69 Å². The van der Waals surface area contributed by atoms with Gasteiger partial charge in [0.15, 0.2) is 0 Å². The first-order valence-electron chi connectivity index (χ1n) is 8.56. The summed E-state index contributed by atoms with van der Waals surface area (Å²) in [6, 6.07) is 7.85. The molecule has 1 aliphatic rings. The van der Waals surface area contributed by atoms with Crippen LogP contribution in [0.4, 0.5) is 0 Å². The Kier molecular flexibility index (Phi) is 7.79. The lowest BCUT2D eigenvalue weighted by atomic mass is 10.1. The standard InChI is InChI=1S/C19H25NO2S2/c1-3-4-5-6-7-8-13-22-16-11-9-15(10-12-16)14-17-18(21)20(2)19(23)24-17/h9-12,14H,3-8,13H2,1-2H3/b17-14-. The van der Waals surface area contributed by atoms with Crippen LogP contribution in [0.3, 0.4) is 0 Å². The molecule has 130 valence electrons. The predicted molar refractivity (Wildman–Crippen MR) is 106 cm³/mol. The molecular weight excluding hydrogens is 338 g/mol. The van der Waals surface area contributed by atoms with Gasteiger partial charge in [-0.15, -0.1) is 0 Å². The van der Waals surface area contributed by atoms with E-state index < -0.39 is 0 Å². The highest BCUT2D eigenvalue weighted by atomic mass is 32.2. The fourth-order valence-electron chi connectivity index (χ4n) is 2.43. The van der Waals surface area contributed by atoms with Gasteiger partial charge in [0.05, 0.1) is 11.5 Å². The van der Waals surface area contributed by atoms with Gasteiger partial charge in [0, 0.05) is 7.05 Å². The second kappa shape index (κ2) is 9.84. The molecule has 0 atom stereocenters. The molecule has 24 heavy (non-hydrogen) atoms. The second-order valence-corrected chi connectivity index (χ2v) is 7.60. The van der Waals surface area contributed by atoms with Crippen molar-refractivity contribution < 1.29 is 9.53 Å². The van der Waals surface area contributed by atoms with Crippen LogP contribution in [-0.2, 0) is 4.79 Å². The number of carbonyl (C=O) groups is 1. The van der Waals surface area contributed by atoms with E-state index in [9.17, 15) is 4.79 Å². The second-order valence-electron chi connectivity index (χ2n) is 5.93. The van der Waals surface area contributed by atoms with E-state index in [1.165, 1.54) is 48.8 Å². The van der Waals surface area contributed by atoms with Crippen molar-refractivity contribution in [2.45, 2.75) is 45.4 Å². The Labute approximate surface area is 154 Å². The monoisotopic (exact) mass is 363 g/mol. The summed E-state index contributed by atoms with van der Waals surface area (Å²) in [5, 5.41) is 0. The topological polar surface area (TPSA) is 29.5 Å². The number of thioether (sulfide) groups is 1. The first kappa shape index (κ1) is 19.0. The average molecular weight is 364 g/mol. The van der Waals surface area contributed by atoms with Gasteiger partial charge < -0.3 is 4.74 Å². The lowest BCUT2D eigenvalue weighted by molar-refractivity contribution is -0.121. The van der Waals surface area contributed by atoms with E-state index in [2.05, 4.69) is 6.92 Å². The third-order valence-corrected chi connectivity index (χ3v) is 5.42. The summed E-state index contributed by atoms with van der Waals surface area (Å²) in [4.78, 5) is 14.2. The molecule has 3 nitrogen and oxygen atoms in total. The van der Waals surface area contributed by atoms with E-state index in [4.69, 9.17) is 17.0 Å². The van der Waals surface area contributed by atoms with Gasteiger partial charge in [-0.25, -0.2) is 0 Å². The van der Waals surface area contributed by atoms with Gasteiger partial charge in [0.25, 0.3) is 5.91 Å². The van der Waals surface area contributed by atoms with Gasteiger partial charge in [-0.05, 0) is 30.2 Å². The van der Waals surface area contributed by atoms with Crippen LogP contribution in [0.25, 0.3) is 6.08 Å². The number of hydrogen-bond donors (Lipinski definition) is 0. The highest BCUT2D eigenvalue weighted by molar-refractivity contribution is 8.26. The number of likely N-dealkylation sites (N-methyl/N-ethyl adjacent to an activating group) is 1. The first-order valence-corrected chi connectivity index (χ1v) is 9.78. The molecule has 0 spiro atoms. The third kappa shape index (κ3) is 5.64. The highest BCUT2D eigenvalue weighted by Gasteiger charge is 2.28. The maximum atomic E-state index is 12.0. The summed E-state index contributed by atoms with van der Waals surface area (Å²) < 4.78 is 6.37. The molecule has 1 aromatic carbocycles. The van der Waals surface area contributed by atoms with Crippen LogP contribution in [0.5, 0.6) is 5.75 Å². The normalized spacial score (nSPS) is 16.2. The Bertz CT molecular complexity index is 596. The minimum Gasteiger partial charge on any atom is -0.494 e. The lowest BCUT2D eigenvalue weighted by Gasteiger charge is -2.06. The number of hydrogen-bond acceptors (Lipinski definition) is 4. The molecule has 0 unspecified atom stereocenters. The maximum absolute atomic E-state index is 12.0. The molecule has 1 amide bonds. The maximum Gasteiger partial charge on any atom is 0.265 e. The number of rotatable bonds is 9. The lowest BCUT2D eigenvalue weighted by Crippen LogP contribution is -2.22. The van der Waals surface area contributed by atoms with E-state index in [1.54, 1.807) is 7.05 Å². The summed E-state index contributed by atoms with van der Waals surface area (Å²) in [6.07, 6.45) is 9.45. The molecule has 1 fully saturated rings. The number of benzene rings is 1. The number of ether oxygens (including phenoxy) is 1. The van der Waals surface area contributed by atoms with E-state index in [-0.39, 0.29) is 5.91 Å². The van der Waals surface area contributed by atoms with Gasteiger partial charge in [-0.1, -0.05) is 75.1 Å². The van der Waals surface area contributed by atoms with Gasteiger partial charge in [0.1, 0.15) is 10.1 Å². The first-order chi connectivity index (χ1) is 11.6. The minimum atomic E-state index is -0.0339. The molecule has 1 heterocycles. The molecule has 0 bridgehead atoms. The Morgan fingerprint density at radius 1 is 1.12 bits per heavy atom. The fraction of sp³-hybridized carbons (Fsp3) is 0.474. The molecule has 0 saturated carbocycles. The number of unbranched alkanes of at least 4 members (excludes halogenated alkanes) is 5. The Morgan fingerprint density at radius 3 is 2.42 bits per heavy atom. The van der Waals surface area contributed by atoms with E-state index >= 15 is 0 Å². The third-order valence-electron chi connectivity index (χ3n) is 3.93. The zero-order valence-corrected chi connectivity index (χ0v) is 16.0. The summed E-state index contributed by atoms with van der Waals surface area (Å²) in [5.74, 6) is 0.845. The summed E-state index contributed by atoms with van der Waals surface area (Å²) in [5.41, 5.74) is 0.982. The molecule has 0 aliphatic carbocycles. The molecule has 5 heteroatoms. The van der Waals surface area contributed by atoms with Crippen molar-refractivity contribution in [1.82, 2.24) is 4.90 Å². The summed E-state index contributed by atoms with van der Waals surface area (Å²) >= 11 is 6.48. The van der Waals surface area contributed by atoms with Gasteiger partial charge in [-0.2, -0.15) is 0 Å². The van der Waals surface area contributed by atoms with E-state index in [1.807, 2.05) is 30.3 Å². The summed E-state index contributed by atoms with van der Waals surface area (Å²) in [7, 11) is 1.71. The van der Waals surface area contributed by atoms with Crippen molar-refractivity contribution in [2.24, 2.45) is 0 Å².